The summed E-state index contributed by atoms with van der Waals surface area (Å²) >= 11 is 0. The Morgan fingerprint density at radius 2 is 1.40 bits per heavy atom. The van der Waals surface area contributed by atoms with Crippen molar-refractivity contribution < 1.29 is 0 Å². The molecule has 0 saturated carbocycles. The van der Waals surface area contributed by atoms with E-state index in [4.69, 9.17) is 17.2 Å². The van der Waals surface area contributed by atoms with Gasteiger partial charge in [0.2, 0.25) is 0 Å². The molecule has 0 saturated heterocycles. The first-order chi connectivity index (χ1) is 7.15. The van der Waals surface area contributed by atoms with E-state index < -0.39 is 0 Å². The van der Waals surface area contributed by atoms with E-state index >= 15 is 0 Å². The van der Waals surface area contributed by atoms with Crippen LogP contribution in [0.2, 0.25) is 0 Å². The molecule has 6 N–H and O–H groups in total. The Labute approximate surface area is 90.8 Å². The standard InChI is InChI=1S/C10H21N5/c1-10(4-7-13)14-8(2-5-11)9(15-10)3-6-12/h2-7,11-13H2,1H3. The molecule has 0 spiro atoms. The van der Waals surface area contributed by atoms with Gasteiger partial charge in [-0.25, -0.2) is 0 Å². The molecule has 1 heterocycles. The number of aliphatic imine (C=N–C) groups is 2. The number of rotatable bonds is 6. The fourth-order valence-corrected chi connectivity index (χ4v) is 1.79. The number of hydrogen-bond donors (Lipinski definition) is 3. The minimum atomic E-state index is -0.371. The Hall–Kier alpha value is -0.780. The summed E-state index contributed by atoms with van der Waals surface area (Å²) in [7, 11) is 0. The van der Waals surface area contributed by atoms with Crippen molar-refractivity contribution in [2.45, 2.75) is 31.8 Å². The molecule has 0 aromatic rings. The topological polar surface area (TPSA) is 103 Å². The van der Waals surface area contributed by atoms with Crippen LogP contribution in [0.4, 0.5) is 0 Å². The van der Waals surface area contributed by atoms with E-state index in [9.17, 15) is 0 Å². The quantitative estimate of drug-likeness (QED) is 0.559. The normalized spacial score (nSPS) is 18.9. The molecule has 0 radical (unpaired) electrons. The molecule has 86 valence electrons. The van der Waals surface area contributed by atoms with Crippen molar-refractivity contribution in [2.24, 2.45) is 27.2 Å². The highest BCUT2D eigenvalue weighted by Crippen LogP contribution is 2.24. The third-order valence-electron chi connectivity index (χ3n) is 2.46. The van der Waals surface area contributed by atoms with Crippen LogP contribution in [0.1, 0.15) is 26.2 Å². The molecule has 1 rings (SSSR count). The van der Waals surface area contributed by atoms with Crippen LogP contribution in [0.15, 0.2) is 9.98 Å². The van der Waals surface area contributed by atoms with Gasteiger partial charge in [-0.1, -0.05) is 0 Å². The molecule has 1 aliphatic heterocycles. The van der Waals surface area contributed by atoms with Gasteiger partial charge in [-0.2, -0.15) is 0 Å². The van der Waals surface area contributed by atoms with Gasteiger partial charge in [-0.05, 0) is 26.6 Å². The van der Waals surface area contributed by atoms with Crippen LogP contribution < -0.4 is 17.2 Å². The summed E-state index contributed by atoms with van der Waals surface area (Å²) in [6.45, 7) is 3.79. The average Bonchev–Trinajstić information content (AvgIpc) is 2.45. The lowest BCUT2D eigenvalue weighted by atomic mass is 10.1. The summed E-state index contributed by atoms with van der Waals surface area (Å²) in [5.41, 5.74) is 18.3. The highest BCUT2D eigenvalue weighted by molar-refractivity contribution is 6.43. The van der Waals surface area contributed by atoms with Gasteiger partial charge in [0.25, 0.3) is 0 Å². The van der Waals surface area contributed by atoms with Crippen LogP contribution in [0, 0.1) is 0 Å². The van der Waals surface area contributed by atoms with Crippen molar-refractivity contribution in [3.8, 4) is 0 Å². The summed E-state index contributed by atoms with van der Waals surface area (Å²) in [4.78, 5) is 9.19. The van der Waals surface area contributed by atoms with Crippen LogP contribution >= 0.6 is 0 Å². The fraction of sp³-hybridized carbons (Fsp3) is 0.800. The molecular formula is C10H21N5. The molecule has 0 bridgehead atoms. The zero-order valence-electron chi connectivity index (χ0n) is 9.37. The van der Waals surface area contributed by atoms with E-state index in [2.05, 4.69) is 9.98 Å². The second kappa shape index (κ2) is 5.34. The lowest BCUT2D eigenvalue weighted by molar-refractivity contribution is 0.473. The monoisotopic (exact) mass is 211 g/mol. The Balaban J connectivity index is 2.80. The predicted octanol–water partition coefficient (Wildman–Crippen LogP) is -0.355. The highest BCUT2D eigenvalue weighted by atomic mass is 15.1. The third-order valence-corrected chi connectivity index (χ3v) is 2.46. The Morgan fingerprint density at radius 1 is 0.933 bits per heavy atom. The second-order valence-corrected chi connectivity index (χ2v) is 3.95. The van der Waals surface area contributed by atoms with Gasteiger partial charge in [0, 0.05) is 19.3 Å². The van der Waals surface area contributed by atoms with Crippen LogP contribution in [-0.4, -0.2) is 36.7 Å². The molecule has 15 heavy (non-hydrogen) atoms. The maximum atomic E-state index is 5.54. The third kappa shape index (κ3) is 3.09. The van der Waals surface area contributed by atoms with Crippen LogP contribution in [0.3, 0.4) is 0 Å². The second-order valence-electron chi connectivity index (χ2n) is 3.95. The van der Waals surface area contributed by atoms with Crippen LogP contribution in [-0.2, 0) is 0 Å². The first kappa shape index (κ1) is 12.3. The first-order valence-electron chi connectivity index (χ1n) is 5.43. The summed E-state index contributed by atoms with van der Waals surface area (Å²) < 4.78 is 0. The molecule has 0 fully saturated rings. The van der Waals surface area contributed by atoms with E-state index in [0.29, 0.717) is 19.6 Å². The SMILES string of the molecule is CC1(CCN)N=C(CCN)C(CCN)=N1. The maximum absolute atomic E-state index is 5.54. The summed E-state index contributed by atoms with van der Waals surface area (Å²) in [6, 6.07) is 0. The molecule has 0 aliphatic carbocycles. The molecule has 5 heteroatoms. The summed E-state index contributed by atoms with van der Waals surface area (Å²) in [5, 5.41) is 0. The largest absolute Gasteiger partial charge is 0.330 e. The zero-order chi connectivity index (χ0) is 11.3. The van der Waals surface area contributed by atoms with Crippen molar-refractivity contribution in [3.63, 3.8) is 0 Å². The van der Waals surface area contributed by atoms with Crippen LogP contribution in [0.25, 0.3) is 0 Å². The van der Waals surface area contributed by atoms with Gasteiger partial charge in [0.1, 0.15) is 5.66 Å². The highest BCUT2D eigenvalue weighted by Gasteiger charge is 2.29. The van der Waals surface area contributed by atoms with Gasteiger partial charge in [-0.15, -0.1) is 0 Å². The van der Waals surface area contributed by atoms with E-state index in [0.717, 1.165) is 30.7 Å². The Morgan fingerprint density at radius 3 is 1.73 bits per heavy atom. The smallest absolute Gasteiger partial charge is 0.149 e. The minimum Gasteiger partial charge on any atom is -0.330 e. The average molecular weight is 211 g/mol. The molecule has 0 aromatic carbocycles. The van der Waals surface area contributed by atoms with E-state index in [1.807, 2.05) is 6.92 Å². The number of nitrogens with zero attached hydrogens (tertiary/aromatic N) is 2. The van der Waals surface area contributed by atoms with E-state index in [1.165, 1.54) is 0 Å². The molecule has 1 aliphatic rings. The Kier molecular flexibility index (Phi) is 4.38. The summed E-state index contributed by atoms with van der Waals surface area (Å²) in [6.07, 6.45) is 2.33. The predicted molar refractivity (Wildman–Crippen MR) is 64.3 cm³/mol. The lowest BCUT2D eigenvalue weighted by Crippen LogP contribution is -2.21. The molecule has 0 amide bonds. The molecule has 5 nitrogen and oxygen atoms in total. The molecule has 0 atom stereocenters. The Bertz CT molecular complexity index is 247. The molecule has 0 unspecified atom stereocenters. The van der Waals surface area contributed by atoms with Crippen molar-refractivity contribution in [3.05, 3.63) is 0 Å². The first-order valence-corrected chi connectivity index (χ1v) is 5.43. The maximum Gasteiger partial charge on any atom is 0.149 e. The van der Waals surface area contributed by atoms with E-state index in [-0.39, 0.29) is 5.66 Å². The number of nitrogens with two attached hydrogens (primary N) is 3. The molecule has 0 aromatic heterocycles. The van der Waals surface area contributed by atoms with E-state index in [1.54, 1.807) is 0 Å². The van der Waals surface area contributed by atoms with Gasteiger partial charge >= 0.3 is 0 Å². The van der Waals surface area contributed by atoms with Crippen molar-refractivity contribution in [1.82, 2.24) is 0 Å². The fourth-order valence-electron chi connectivity index (χ4n) is 1.79. The van der Waals surface area contributed by atoms with Crippen molar-refractivity contribution in [2.75, 3.05) is 19.6 Å². The van der Waals surface area contributed by atoms with Gasteiger partial charge < -0.3 is 17.2 Å². The van der Waals surface area contributed by atoms with Crippen molar-refractivity contribution in [1.29, 1.82) is 0 Å². The molecular weight excluding hydrogens is 190 g/mol. The minimum absolute atomic E-state index is 0.371. The van der Waals surface area contributed by atoms with Crippen molar-refractivity contribution >= 4 is 11.4 Å². The zero-order valence-corrected chi connectivity index (χ0v) is 9.37. The van der Waals surface area contributed by atoms with Gasteiger partial charge in [0.05, 0.1) is 11.4 Å². The van der Waals surface area contributed by atoms with Crippen LogP contribution in [0.5, 0.6) is 0 Å². The summed E-state index contributed by atoms with van der Waals surface area (Å²) in [5.74, 6) is 0. The number of hydrogen-bond acceptors (Lipinski definition) is 5. The van der Waals surface area contributed by atoms with Gasteiger partial charge in [0.15, 0.2) is 0 Å². The lowest BCUT2D eigenvalue weighted by Gasteiger charge is -2.15. The van der Waals surface area contributed by atoms with Gasteiger partial charge in [-0.3, -0.25) is 9.98 Å².